The Morgan fingerprint density at radius 1 is 1.13 bits per heavy atom. The number of nitrogens with one attached hydrogen (secondary N) is 2. The second-order valence-electron chi connectivity index (χ2n) is 3.85. The van der Waals surface area contributed by atoms with Crippen LogP contribution >= 0.6 is 0 Å². The smallest absolute Gasteiger partial charge is 0.0551 e. The molecule has 0 atom stereocenters. The van der Waals surface area contributed by atoms with E-state index in [1.165, 1.54) is 22.5 Å². The maximum absolute atomic E-state index is 3.38. The van der Waals surface area contributed by atoms with E-state index in [4.69, 9.17) is 0 Å². The Morgan fingerprint density at radius 3 is 2.67 bits per heavy atom. The van der Waals surface area contributed by atoms with Crippen LogP contribution in [0.25, 0.3) is 0 Å². The van der Waals surface area contributed by atoms with Crippen LogP contribution in [-0.4, -0.2) is 4.98 Å². The van der Waals surface area contributed by atoms with Gasteiger partial charge < -0.3 is 10.3 Å². The van der Waals surface area contributed by atoms with Crippen LogP contribution in [0, 0.1) is 13.8 Å². The molecule has 2 nitrogen and oxygen atoms in total. The van der Waals surface area contributed by atoms with Crippen molar-refractivity contribution in [2.45, 2.75) is 20.4 Å². The van der Waals surface area contributed by atoms with Crippen molar-refractivity contribution in [3.05, 3.63) is 53.3 Å². The van der Waals surface area contributed by atoms with Gasteiger partial charge in [-0.2, -0.15) is 0 Å². The molecule has 0 bridgehead atoms. The number of aromatic amines is 1. The van der Waals surface area contributed by atoms with E-state index in [2.05, 4.69) is 48.4 Å². The summed E-state index contributed by atoms with van der Waals surface area (Å²) in [7, 11) is 0. The average molecular weight is 200 g/mol. The van der Waals surface area contributed by atoms with Crippen molar-refractivity contribution in [2.75, 3.05) is 5.32 Å². The van der Waals surface area contributed by atoms with Gasteiger partial charge in [-0.25, -0.2) is 0 Å². The zero-order valence-electron chi connectivity index (χ0n) is 9.17. The van der Waals surface area contributed by atoms with E-state index >= 15 is 0 Å². The van der Waals surface area contributed by atoms with Crippen LogP contribution < -0.4 is 5.32 Å². The quantitative estimate of drug-likeness (QED) is 0.782. The number of anilines is 1. The molecular formula is C13H16N2. The molecule has 0 fully saturated rings. The van der Waals surface area contributed by atoms with Crippen molar-refractivity contribution in [3.8, 4) is 0 Å². The molecule has 0 aliphatic carbocycles. The molecule has 0 saturated heterocycles. The minimum atomic E-state index is 0.843. The molecule has 2 aromatic rings. The number of benzene rings is 1. The Kier molecular flexibility index (Phi) is 2.77. The second kappa shape index (κ2) is 4.22. The molecule has 0 saturated carbocycles. The second-order valence-corrected chi connectivity index (χ2v) is 3.85. The molecule has 0 unspecified atom stereocenters. The van der Waals surface area contributed by atoms with Crippen LogP contribution in [0.3, 0.4) is 0 Å². The van der Waals surface area contributed by atoms with E-state index in [9.17, 15) is 0 Å². The maximum atomic E-state index is 3.38. The lowest BCUT2D eigenvalue weighted by atomic mass is 10.1. The summed E-state index contributed by atoms with van der Waals surface area (Å²) in [6.07, 6.45) is 1.94. The standard InChI is InChI=1S/C13H16N2/c1-10-5-6-12(8-11(10)2)15-9-13-4-3-7-14-13/h3-8,14-15H,9H2,1-2H3. The summed E-state index contributed by atoms with van der Waals surface area (Å²) < 4.78 is 0. The summed E-state index contributed by atoms with van der Waals surface area (Å²) in [6, 6.07) is 10.5. The molecule has 0 spiro atoms. The van der Waals surface area contributed by atoms with E-state index in [0.29, 0.717) is 0 Å². The fraction of sp³-hybridized carbons (Fsp3) is 0.231. The van der Waals surface area contributed by atoms with Crippen molar-refractivity contribution in [3.63, 3.8) is 0 Å². The fourth-order valence-electron chi connectivity index (χ4n) is 1.53. The minimum Gasteiger partial charge on any atom is -0.379 e. The number of aryl methyl sites for hydroxylation is 2. The summed E-state index contributed by atoms with van der Waals surface area (Å²) in [5.41, 5.74) is 5.04. The van der Waals surface area contributed by atoms with Gasteiger partial charge in [0.05, 0.1) is 6.54 Å². The molecule has 78 valence electrons. The predicted molar refractivity (Wildman–Crippen MR) is 64.0 cm³/mol. The van der Waals surface area contributed by atoms with Gasteiger partial charge in [-0.1, -0.05) is 6.07 Å². The molecule has 2 heteroatoms. The average Bonchev–Trinajstić information content (AvgIpc) is 2.73. The monoisotopic (exact) mass is 200 g/mol. The highest BCUT2D eigenvalue weighted by Gasteiger charge is 1.96. The molecule has 0 amide bonds. The van der Waals surface area contributed by atoms with Gasteiger partial charge in [0.15, 0.2) is 0 Å². The van der Waals surface area contributed by atoms with E-state index in [-0.39, 0.29) is 0 Å². The molecule has 1 aromatic heterocycles. The number of hydrogen-bond acceptors (Lipinski definition) is 1. The van der Waals surface area contributed by atoms with Gasteiger partial charge in [0.25, 0.3) is 0 Å². The highest BCUT2D eigenvalue weighted by atomic mass is 14.9. The normalized spacial score (nSPS) is 10.3. The number of rotatable bonds is 3. The molecule has 0 aliphatic heterocycles. The first-order valence-electron chi connectivity index (χ1n) is 5.19. The van der Waals surface area contributed by atoms with Crippen LogP contribution in [0.1, 0.15) is 16.8 Å². The highest BCUT2D eigenvalue weighted by Crippen LogP contribution is 2.14. The van der Waals surface area contributed by atoms with Crippen molar-refractivity contribution in [1.29, 1.82) is 0 Å². The highest BCUT2D eigenvalue weighted by molar-refractivity contribution is 5.48. The van der Waals surface area contributed by atoms with Gasteiger partial charge >= 0.3 is 0 Å². The lowest BCUT2D eigenvalue weighted by Crippen LogP contribution is -1.99. The van der Waals surface area contributed by atoms with E-state index < -0.39 is 0 Å². The van der Waals surface area contributed by atoms with Crippen LogP contribution in [-0.2, 0) is 6.54 Å². The predicted octanol–water partition coefficient (Wildman–Crippen LogP) is 3.24. The summed E-state index contributed by atoms with van der Waals surface area (Å²) in [5.74, 6) is 0. The van der Waals surface area contributed by atoms with Gasteiger partial charge in [-0.3, -0.25) is 0 Å². The largest absolute Gasteiger partial charge is 0.379 e. The van der Waals surface area contributed by atoms with Gasteiger partial charge in [0.2, 0.25) is 0 Å². The van der Waals surface area contributed by atoms with Crippen LogP contribution in [0.4, 0.5) is 5.69 Å². The van der Waals surface area contributed by atoms with E-state index in [1.54, 1.807) is 0 Å². The first-order chi connectivity index (χ1) is 7.25. The number of H-pyrrole nitrogens is 1. The van der Waals surface area contributed by atoms with E-state index in [1.807, 2.05) is 12.3 Å². The van der Waals surface area contributed by atoms with Crippen LogP contribution in [0.15, 0.2) is 36.5 Å². The van der Waals surface area contributed by atoms with Gasteiger partial charge in [0, 0.05) is 17.6 Å². The Labute approximate surface area is 90.3 Å². The summed E-state index contributed by atoms with van der Waals surface area (Å²) in [4.78, 5) is 3.17. The van der Waals surface area contributed by atoms with Gasteiger partial charge in [-0.05, 0) is 49.2 Å². The zero-order chi connectivity index (χ0) is 10.7. The summed E-state index contributed by atoms with van der Waals surface area (Å²) >= 11 is 0. The summed E-state index contributed by atoms with van der Waals surface area (Å²) in [6.45, 7) is 5.11. The molecule has 2 rings (SSSR count). The molecule has 0 radical (unpaired) electrons. The maximum Gasteiger partial charge on any atom is 0.0551 e. The van der Waals surface area contributed by atoms with Crippen LogP contribution in [0.5, 0.6) is 0 Å². The third-order valence-corrected chi connectivity index (χ3v) is 2.65. The van der Waals surface area contributed by atoms with Gasteiger partial charge in [0.1, 0.15) is 0 Å². The fourth-order valence-corrected chi connectivity index (χ4v) is 1.53. The molecular weight excluding hydrogens is 184 g/mol. The molecule has 1 aromatic carbocycles. The van der Waals surface area contributed by atoms with Crippen molar-refractivity contribution in [1.82, 2.24) is 4.98 Å². The van der Waals surface area contributed by atoms with Crippen molar-refractivity contribution in [2.24, 2.45) is 0 Å². The Hall–Kier alpha value is -1.70. The molecule has 2 N–H and O–H groups in total. The molecule has 15 heavy (non-hydrogen) atoms. The summed E-state index contributed by atoms with van der Waals surface area (Å²) in [5, 5.41) is 3.38. The topological polar surface area (TPSA) is 27.8 Å². The third-order valence-electron chi connectivity index (χ3n) is 2.65. The first kappa shape index (κ1) is 9.84. The lowest BCUT2D eigenvalue weighted by molar-refractivity contribution is 1.07. The van der Waals surface area contributed by atoms with Crippen LogP contribution in [0.2, 0.25) is 0 Å². The first-order valence-corrected chi connectivity index (χ1v) is 5.19. The van der Waals surface area contributed by atoms with Crippen molar-refractivity contribution >= 4 is 5.69 Å². The lowest BCUT2D eigenvalue weighted by Gasteiger charge is -2.07. The van der Waals surface area contributed by atoms with Crippen molar-refractivity contribution < 1.29 is 0 Å². The Bertz CT molecular complexity index is 430. The Balaban J connectivity index is 2.02. The number of hydrogen-bond donors (Lipinski definition) is 2. The Morgan fingerprint density at radius 2 is 2.00 bits per heavy atom. The molecule has 0 aliphatic rings. The zero-order valence-corrected chi connectivity index (χ0v) is 9.17. The third kappa shape index (κ3) is 2.40. The van der Waals surface area contributed by atoms with E-state index in [0.717, 1.165) is 6.54 Å². The minimum absolute atomic E-state index is 0.843. The van der Waals surface area contributed by atoms with Gasteiger partial charge in [-0.15, -0.1) is 0 Å². The SMILES string of the molecule is Cc1ccc(NCc2ccc[nH]2)cc1C. The number of aromatic nitrogens is 1. The molecule has 1 heterocycles.